The van der Waals surface area contributed by atoms with E-state index in [9.17, 15) is 18.0 Å². The molecule has 0 spiro atoms. The van der Waals surface area contributed by atoms with E-state index < -0.39 is 24.6 Å². The van der Waals surface area contributed by atoms with Crippen molar-refractivity contribution in [3.63, 3.8) is 0 Å². The van der Waals surface area contributed by atoms with Crippen LogP contribution in [-0.4, -0.2) is 91.9 Å². The van der Waals surface area contributed by atoms with Crippen LogP contribution in [0, 0.1) is 5.92 Å². The Labute approximate surface area is 116 Å². The highest BCUT2D eigenvalue weighted by molar-refractivity contribution is 5.71. The quantitative estimate of drug-likeness (QED) is 0.770. The summed E-state index contributed by atoms with van der Waals surface area (Å²) in [5.74, 6) is -4.09. The van der Waals surface area contributed by atoms with Crippen molar-refractivity contribution in [1.29, 1.82) is 0 Å². The third-order valence-electron chi connectivity index (χ3n) is 3.46. The first-order valence-electron chi connectivity index (χ1n) is 6.59. The van der Waals surface area contributed by atoms with Gasteiger partial charge in [0, 0.05) is 45.8 Å². The Morgan fingerprint density at radius 3 is 2.10 bits per heavy atom. The molecule has 0 aromatic carbocycles. The van der Waals surface area contributed by atoms with Gasteiger partial charge >= 0.3 is 12.1 Å². The molecule has 1 atom stereocenters. The van der Waals surface area contributed by atoms with Crippen molar-refractivity contribution >= 4 is 5.97 Å². The molecular formula is C12H22F3N3O2. The summed E-state index contributed by atoms with van der Waals surface area (Å²) >= 11 is 0. The molecule has 1 rings (SSSR count). The lowest BCUT2D eigenvalue weighted by molar-refractivity contribution is -0.197. The van der Waals surface area contributed by atoms with Gasteiger partial charge in [-0.15, -0.1) is 0 Å². The smallest absolute Gasteiger partial charge is 0.403 e. The van der Waals surface area contributed by atoms with E-state index in [-0.39, 0.29) is 0 Å². The first-order valence-corrected chi connectivity index (χ1v) is 6.59. The highest BCUT2D eigenvalue weighted by atomic mass is 19.4. The predicted octanol–water partition coefficient (Wildman–Crippen LogP) is 0.429. The summed E-state index contributed by atoms with van der Waals surface area (Å²) in [6.45, 7) is 3.64. The van der Waals surface area contributed by atoms with Crippen molar-refractivity contribution in [2.45, 2.75) is 6.18 Å². The SMILES string of the molecule is CN(C)CCN1CCN(CC(C(=O)O)C(F)(F)F)CC1. The number of likely N-dealkylation sites (N-methyl/N-ethyl adjacent to an activating group) is 1. The van der Waals surface area contributed by atoms with Gasteiger partial charge < -0.3 is 10.0 Å². The van der Waals surface area contributed by atoms with Crippen LogP contribution in [0.4, 0.5) is 13.2 Å². The molecule has 0 aromatic heterocycles. The molecule has 5 nitrogen and oxygen atoms in total. The van der Waals surface area contributed by atoms with Gasteiger partial charge in [-0.2, -0.15) is 13.2 Å². The standard InChI is InChI=1S/C12H22F3N3O2/c1-16(2)3-4-17-5-7-18(8-6-17)9-10(11(19)20)12(13,14)15/h10H,3-9H2,1-2H3,(H,19,20). The first kappa shape index (κ1) is 17.2. The predicted molar refractivity (Wildman–Crippen MR) is 68.6 cm³/mol. The molecule has 0 aromatic rings. The summed E-state index contributed by atoms with van der Waals surface area (Å²) in [5, 5.41) is 8.67. The van der Waals surface area contributed by atoms with E-state index in [4.69, 9.17) is 5.11 Å². The average Bonchev–Trinajstić information content (AvgIpc) is 2.33. The van der Waals surface area contributed by atoms with Gasteiger partial charge in [0.05, 0.1) is 0 Å². The molecule has 0 radical (unpaired) electrons. The molecule has 0 bridgehead atoms. The molecule has 1 aliphatic heterocycles. The number of carboxylic acid groups (broad SMARTS) is 1. The van der Waals surface area contributed by atoms with Crippen molar-refractivity contribution in [2.24, 2.45) is 5.92 Å². The molecule has 1 fully saturated rings. The third kappa shape index (κ3) is 5.64. The van der Waals surface area contributed by atoms with Crippen LogP contribution in [0.25, 0.3) is 0 Å². The van der Waals surface area contributed by atoms with Crippen LogP contribution in [0.15, 0.2) is 0 Å². The molecule has 1 saturated heterocycles. The largest absolute Gasteiger partial charge is 0.481 e. The molecule has 0 saturated carbocycles. The van der Waals surface area contributed by atoms with Crippen LogP contribution in [0.5, 0.6) is 0 Å². The Hall–Kier alpha value is -0.860. The second-order valence-corrected chi connectivity index (χ2v) is 5.38. The number of carboxylic acids is 1. The average molecular weight is 297 g/mol. The molecule has 1 N–H and O–H groups in total. The minimum absolute atomic E-state index is 0.458. The maximum Gasteiger partial charge on any atom is 0.403 e. The summed E-state index contributed by atoms with van der Waals surface area (Å²) in [5.41, 5.74) is 0. The van der Waals surface area contributed by atoms with Gasteiger partial charge in [0.2, 0.25) is 0 Å². The Kier molecular flexibility index (Phi) is 6.22. The van der Waals surface area contributed by atoms with E-state index in [0.717, 1.165) is 13.1 Å². The Balaban J connectivity index is 2.39. The zero-order valence-electron chi connectivity index (χ0n) is 11.9. The number of halogens is 3. The second-order valence-electron chi connectivity index (χ2n) is 5.38. The van der Waals surface area contributed by atoms with Gasteiger partial charge in [0.15, 0.2) is 5.92 Å². The van der Waals surface area contributed by atoms with Gasteiger partial charge in [-0.25, -0.2) is 0 Å². The van der Waals surface area contributed by atoms with Crippen molar-refractivity contribution in [1.82, 2.24) is 14.7 Å². The number of hydrogen-bond donors (Lipinski definition) is 1. The summed E-state index contributed by atoms with van der Waals surface area (Å²) < 4.78 is 37.8. The number of carbonyl (C=O) groups is 1. The van der Waals surface area contributed by atoms with Crippen LogP contribution in [0.2, 0.25) is 0 Å². The number of hydrogen-bond acceptors (Lipinski definition) is 4. The topological polar surface area (TPSA) is 47.0 Å². The summed E-state index contributed by atoms with van der Waals surface area (Å²) in [7, 11) is 3.94. The zero-order valence-corrected chi connectivity index (χ0v) is 11.9. The number of alkyl halides is 3. The maximum absolute atomic E-state index is 12.6. The van der Waals surface area contributed by atoms with Crippen LogP contribution in [0.3, 0.4) is 0 Å². The van der Waals surface area contributed by atoms with Crippen molar-refractivity contribution in [3.8, 4) is 0 Å². The molecule has 1 aliphatic rings. The minimum atomic E-state index is -4.69. The number of aliphatic carboxylic acids is 1. The number of rotatable bonds is 6. The fraction of sp³-hybridized carbons (Fsp3) is 0.917. The Morgan fingerprint density at radius 2 is 1.70 bits per heavy atom. The summed E-state index contributed by atoms with van der Waals surface area (Å²) in [6.07, 6.45) is -4.69. The maximum atomic E-state index is 12.6. The second kappa shape index (κ2) is 7.24. The molecule has 118 valence electrons. The first-order chi connectivity index (χ1) is 9.20. The third-order valence-corrected chi connectivity index (χ3v) is 3.46. The minimum Gasteiger partial charge on any atom is -0.481 e. The molecule has 0 amide bonds. The van der Waals surface area contributed by atoms with Gasteiger partial charge in [-0.1, -0.05) is 0 Å². The van der Waals surface area contributed by atoms with E-state index in [1.807, 2.05) is 14.1 Å². The fourth-order valence-electron chi connectivity index (χ4n) is 2.12. The molecule has 1 heterocycles. The summed E-state index contributed by atoms with van der Waals surface area (Å²) in [6, 6.07) is 0. The molecule has 1 unspecified atom stereocenters. The van der Waals surface area contributed by atoms with E-state index in [2.05, 4.69) is 9.80 Å². The van der Waals surface area contributed by atoms with E-state index in [1.165, 1.54) is 0 Å². The Morgan fingerprint density at radius 1 is 1.20 bits per heavy atom. The molecule has 20 heavy (non-hydrogen) atoms. The van der Waals surface area contributed by atoms with Crippen molar-refractivity contribution in [2.75, 3.05) is 59.9 Å². The number of nitrogens with zero attached hydrogens (tertiary/aromatic N) is 3. The zero-order chi connectivity index (χ0) is 15.3. The van der Waals surface area contributed by atoms with E-state index >= 15 is 0 Å². The molecule has 0 aliphatic carbocycles. The lowest BCUT2D eigenvalue weighted by Gasteiger charge is -2.36. The lowest BCUT2D eigenvalue weighted by Crippen LogP contribution is -2.51. The van der Waals surface area contributed by atoms with Crippen molar-refractivity contribution < 1.29 is 23.1 Å². The van der Waals surface area contributed by atoms with Crippen LogP contribution < -0.4 is 0 Å². The van der Waals surface area contributed by atoms with E-state index in [1.54, 1.807) is 4.90 Å². The van der Waals surface area contributed by atoms with Crippen LogP contribution in [0.1, 0.15) is 0 Å². The highest BCUT2D eigenvalue weighted by Crippen LogP contribution is 2.27. The Bertz CT molecular complexity index is 316. The fourth-order valence-corrected chi connectivity index (χ4v) is 2.12. The van der Waals surface area contributed by atoms with Crippen LogP contribution >= 0.6 is 0 Å². The normalized spacial score (nSPS) is 20.3. The molecular weight excluding hydrogens is 275 g/mol. The van der Waals surface area contributed by atoms with Gasteiger partial charge in [0.25, 0.3) is 0 Å². The van der Waals surface area contributed by atoms with Gasteiger partial charge in [-0.05, 0) is 14.1 Å². The van der Waals surface area contributed by atoms with Gasteiger partial charge in [0.1, 0.15) is 0 Å². The van der Waals surface area contributed by atoms with Gasteiger partial charge in [-0.3, -0.25) is 14.6 Å². The molecule has 8 heteroatoms. The van der Waals surface area contributed by atoms with Crippen molar-refractivity contribution in [3.05, 3.63) is 0 Å². The number of piperazine rings is 1. The summed E-state index contributed by atoms with van der Waals surface area (Å²) in [4.78, 5) is 16.5. The van der Waals surface area contributed by atoms with Crippen LogP contribution in [-0.2, 0) is 4.79 Å². The van der Waals surface area contributed by atoms with E-state index in [0.29, 0.717) is 26.2 Å². The lowest BCUT2D eigenvalue weighted by atomic mass is 10.1. The monoisotopic (exact) mass is 297 g/mol. The highest BCUT2D eigenvalue weighted by Gasteiger charge is 2.46.